The fourth-order valence-corrected chi connectivity index (χ4v) is 3.09. The monoisotopic (exact) mass is 314 g/mol. The molecule has 6 nitrogen and oxygen atoms in total. The molecule has 1 aromatic carbocycles. The maximum atomic E-state index is 11.9. The molecule has 1 aliphatic heterocycles. The van der Waals surface area contributed by atoms with Gasteiger partial charge >= 0.3 is 0 Å². The Balaban J connectivity index is 1.61. The number of amides is 1. The van der Waals surface area contributed by atoms with Gasteiger partial charge < -0.3 is 10.3 Å². The van der Waals surface area contributed by atoms with Crippen molar-refractivity contribution in [1.29, 1.82) is 0 Å². The number of primary amides is 1. The van der Waals surface area contributed by atoms with Crippen LogP contribution in [0.2, 0.25) is 0 Å². The van der Waals surface area contributed by atoms with E-state index in [1.807, 2.05) is 43.3 Å². The lowest BCUT2D eigenvalue weighted by Crippen LogP contribution is -2.50. The van der Waals surface area contributed by atoms with Crippen LogP contribution in [0, 0.1) is 6.92 Å². The third kappa shape index (κ3) is 3.78. The first-order valence-corrected chi connectivity index (χ1v) is 7.86. The molecule has 2 heterocycles. The van der Waals surface area contributed by atoms with Gasteiger partial charge in [0.15, 0.2) is 0 Å². The number of carbonyl (C=O) groups excluding carboxylic acids is 1. The first-order valence-electron chi connectivity index (χ1n) is 7.86. The average Bonchev–Trinajstić information content (AvgIpc) is 2.95. The number of rotatable bonds is 5. The highest BCUT2D eigenvalue weighted by molar-refractivity contribution is 5.81. The second-order valence-corrected chi connectivity index (χ2v) is 5.96. The molecule has 0 spiro atoms. The summed E-state index contributed by atoms with van der Waals surface area (Å²) in [7, 11) is 0. The predicted octanol–water partition coefficient (Wildman–Crippen LogP) is 1.33. The topological polar surface area (TPSA) is 75.6 Å². The van der Waals surface area contributed by atoms with Crippen molar-refractivity contribution in [2.45, 2.75) is 19.5 Å². The van der Waals surface area contributed by atoms with Crippen LogP contribution in [-0.4, -0.2) is 47.0 Å². The Labute approximate surface area is 135 Å². The number of piperazine rings is 1. The van der Waals surface area contributed by atoms with E-state index in [9.17, 15) is 4.79 Å². The predicted molar refractivity (Wildman–Crippen MR) is 86.5 cm³/mol. The van der Waals surface area contributed by atoms with Crippen molar-refractivity contribution in [3.8, 4) is 0 Å². The lowest BCUT2D eigenvalue weighted by molar-refractivity contribution is -0.124. The quantitative estimate of drug-likeness (QED) is 0.901. The summed E-state index contributed by atoms with van der Waals surface area (Å²) < 4.78 is 5.11. The smallest absolute Gasteiger partial charge is 0.239 e. The maximum Gasteiger partial charge on any atom is 0.239 e. The van der Waals surface area contributed by atoms with Crippen molar-refractivity contribution >= 4 is 5.91 Å². The molecule has 1 atom stereocenters. The molecule has 2 aromatic rings. The van der Waals surface area contributed by atoms with Gasteiger partial charge in [-0.25, -0.2) is 0 Å². The van der Waals surface area contributed by atoms with Crippen LogP contribution in [-0.2, 0) is 11.3 Å². The van der Waals surface area contributed by atoms with Crippen molar-refractivity contribution in [2.24, 2.45) is 5.73 Å². The zero-order valence-corrected chi connectivity index (χ0v) is 13.3. The molecule has 1 aromatic heterocycles. The third-order valence-corrected chi connectivity index (χ3v) is 4.22. The summed E-state index contributed by atoms with van der Waals surface area (Å²) in [6, 6.07) is 11.3. The lowest BCUT2D eigenvalue weighted by atomic mass is 10.0. The van der Waals surface area contributed by atoms with E-state index in [0.29, 0.717) is 0 Å². The van der Waals surface area contributed by atoms with Crippen molar-refractivity contribution in [2.75, 3.05) is 26.2 Å². The fraction of sp³-hybridized carbons (Fsp3) is 0.412. The minimum absolute atomic E-state index is 0.295. The Morgan fingerprint density at radius 3 is 2.52 bits per heavy atom. The standard InChI is InChI=1S/C17H22N4O2/c1-13-11-15(19-23-13)12-20-7-9-21(10-8-20)16(17(18)22)14-5-3-2-4-6-14/h2-6,11,16H,7-10,12H2,1H3,(H2,18,22)/t16-/m0/s1. The summed E-state index contributed by atoms with van der Waals surface area (Å²) in [6.45, 7) is 6.03. The van der Waals surface area contributed by atoms with Gasteiger partial charge in [-0.2, -0.15) is 0 Å². The molecule has 122 valence electrons. The first-order chi connectivity index (χ1) is 11.1. The zero-order chi connectivity index (χ0) is 16.2. The Bertz CT molecular complexity index is 648. The number of carbonyl (C=O) groups is 1. The maximum absolute atomic E-state index is 11.9. The molecule has 0 aliphatic carbocycles. The van der Waals surface area contributed by atoms with Crippen LogP contribution in [0.4, 0.5) is 0 Å². The van der Waals surface area contributed by atoms with Crippen LogP contribution in [0.5, 0.6) is 0 Å². The van der Waals surface area contributed by atoms with Crippen molar-refractivity contribution in [1.82, 2.24) is 15.0 Å². The first kappa shape index (κ1) is 15.7. The average molecular weight is 314 g/mol. The number of benzene rings is 1. The summed E-state index contributed by atoms with van der Waals surface area (Å²) >= 11 is 0. The molecule has 6 heteroatoms. The highest BCUT2D eigenvalue weighted by Crippen LogP contribution is 2.22. The number of aromatic nitrogens is 1. The van der Waals surface area contributed by atoms with Gasteiger partial charge in [-0.05, 0) is 12.5 Å². The SMILES string of the molecule is Cc1cc(CN2CCN([C@H](C(N)=O)c3ccccc3)CC2)no1. The second kappa shape index (κ2) is 6.93. The van der Waals surface area contributed by atoms with Gasteiger partial charge in [0.1, 0.15) is 11.8 Å². The van der Waals surface area contributed by atoms with E-state index in [0.717, 1.165) is 49.7 Å². The van der Waals surface area contributed by atoms with Crippen LogP contribution in [0.15, 0.2) is 40.9 Å². The molecule has 0 unspecified atom stereocenters. The van der Waals surface area contributed by atoms with E-state index in [2.05, 4.69) is 15.0 Å². The lowest BCUT2D eigenvalue weighted by Gasteiger charge is -2.38. The molecule has 0 saturated carbocycles. The third-order valence-electron chi connectivity index (χ3n) is 4.22. The van der Waals surface area contributed by atoms with E-state index in [4.69, 9.17) is 10.3 Å². The Hall–Kier alpha value is -2.18. The van der Waals surface area contributed by atoms with E-state index in [-0.39, 0.29) is 11.9 Å². The van der Waals surface area contributed by atoms with Crippen LogP contribution in [0.3, 0.4) is 0 Å². The van der Waals surface area contributed by atoms with Gasteiger partial charge in [-0.3, -0.25) is 14.6 Å². The van der Waals surface area contributed by atoms with Gasteiger partial charge in [0.2, 0.25) is 5.91 Å². The molecule has 1 aliphatic rings. The number of hydrogen-bond donors (Lipinski definition) is 1. The summed E-state index contributed by atoms with van der Waals surface area (Å²) in [6.07, 6.45) is 0. The molecule has 23 heavy (non-hydrogen) atoms. The van der Waals surface area contributed by atoms with Crippen molar-refractivity contribution in [3.63, 3.8) is 0 Å². The molecule has 1 saturated heterocycles. The summed E-state index contributed by atoms with van der Waals surface area (Å²) in [5.74, 6) is 0.535. The highest BCUT2D eigenvalue weighted by atomic mass is 16.5. The van der Waals surface area contributed by atoms with Crippen molar-refractivity contribution in [3.05, 3.63) is 53.4 Å². The highest BCUT2D eigenvalue weighted by Gasteiger charge is 2.29. The van der Waals surface area contributed by atoms with Gasteiger partial charge in [0, 0.05) is 38.8 Å². The number of nitrogens with two attached hydrogens (primary N) is 1. The minimum Gasteiger partial charge on any atom is -0.368 e. The molecular formula is C17H22N4O2. The van der Waals surface area contributed by atoms with E-state index in [1.165, 1.54) is 0 Å². The Morgan fingerprint density at radius 2 is 1.96 bits per heavy atom. The Kier molecular flexibility index (Phi) is 4.73. The molecule has 0 bridgehead atoms. The van der Waals surface area contributed by atoms with Crippen LogP contribution >= 0.6 is 0 Å². The van der Waals surface area contributed by atoms with Gasteiger partial charge in [0.25, 0.3) is 0 Å². The normalized spacial score (nSPS) is 18.0. The summed E-state index contributed by atoms with van der Waals surface area (Å²) in [5.41, 5.74) is 7.55. The van der Waals surface area contributed by atoms with Crippen LogP contribution < -0.4 is 5.73 Å². The van der Waals surface area contributed by atoms with Gasteiger partial charge in [-0.1, -0.05) is 35.5 Å². The summed E-state index contributed by atoms with van der Waals surface area (Å²) in [5, 5.41) is 4.04. The molecule has 3 rings (SSSR count). The van der Waals surface area contributed by atoms with Gasteiger partial charge in [-0.15, -0.1) is 0 Å². The van der Waals surface area contributed by atoms with E-state index >= 15 is 0 Å². The minimum atomic E-state index is -0.354. The van der Waals surface area contributed by atoms with Crippen molar-refractivity contribution < 1.29 is 9.32 Å². The Morgan fingerprint density at radius 1 is 1.26 bits per heavy atom. The van der Waals surface area contributed by atoms with Gasteiger partial charge in [0.05, 0.1) is 5.69 Å². The second-order valence-electron chi connectivity index (χ2n) is 5.96. The molecule has 2 N–H and O–H groups in total. The van der Waals surface area contributed by atoms with E-state index < -0.39 is 0 Å². The number of nitrogens with zero attached hydrogens (tertiary/aromatic N) is 3. The fourth-order valence-electron chi connectivity index (χ4n) is 3.09. The van der Waals surface area contributed by atoms with Crippen LogP contribution in [0.25, 0.3) is 0 Å². The molecule has 1 amide bonds. The zero-order valence-electron chi connectivity index (χ0n) is 13.3. The van der Waals surface area contributed by atoms with Crippen LogP contribution in [0.1, 0.15) is 23.1 Å². The summed E-state index contributed by atoms with van der Waals surface area (Å²) in [4.78, 5) is 16.4. The molecule has 1 fully saturated rings. The number of aryl methyl sites for hydroxylation is 1. The van der Waals surface area contributed by atoms with E-state index in [1.54, 1.807) is 0 Å². The molecule has 0 radical (unpaired) electrons. The molecular weight excluding hydrogens is 292 g/mol. The number of hydrogen-bond acceptors (Lipinski definition) is 5. The largest absolute Gasteiger partial charge is 0.368 e.